The molecule has 0 radical (unpaired) electrons. The molecule has 2 heterocycles. The lowest BCUT2D eigenvalue weighted by molar-refractivity contribution is -0.137. The summed E-state index contributed by atoms with van der Waals surface area (Å²) < 4.78 is 64.1. The number of benzene rings is 1. The van der Waals surface area contributed by atoms with E-state index in [1.807, 2.05) is 0 Å². The van der Waals surface area contributed by atoms with E-state index < -0.39 is 26.7 Å². The number of alkyl halides is 3. The van der Waals surface area contributed by atoms with Gasteiger partial charge in [0.05, 0.1) is 10.5 Å². The molecule has 11 heteroatoms. The van der Waals surface area contributed by atoms with E-state index in [1.54, 1.807) is 35.4 Å². The van der Waals surface area contributed by atoms with Crippen molar-refractivity contribution in [2.45, 2.75) is 17.6 Å². The molecule has 0 aliphatic heterocycles. The Hall–Kier alpha value is -2.92. The molecule has 0 saturated heterocycles. The number of nitrogens with one attached hydrogen (secondary N) is 1. The van der Waals surface area contributed by atoms with Crippen molar-refractivity contribution in [1.29, 1.82) is 0 Å². The minimum Gasteiger partial charge on any atom is -0.380 e. The van der Waals surface area contributed by atoms with E-state index in [-0.39, 0.29) is 12.2 Å². The van der Waals surface area contributed by atoms with Gasteiger partial charge in [-0.1, -0.05) is 6.07 Å². The van der Waals surface area contributed by atoms with Crippen molar-refractivity contribution in [3.63, 3.8) is 0 Å². The third-order valence-electron chi connectivity index (χ3n) is 3.69. The summed E-state index contributed by atoms with van der Waals surface area (Å²) in [5, 5.41) is 7.56. The quantitative estimate of drug-likeness (QED) is 0.689. The molecule has 3 aromatic rings. The van der Waals surface area contributed by atoms with Crippen LogP contribution in [0, 0.1) is 0 Å². The van der Waals surface area contributed by atoms with Crippen LogP contribution in [0.2, 0.25) is 0 Å². The summed E-state index contributed by atoms with van der Waals surface area (Å²) in [5.41, 5.74) is -0.729. The molecule has 0 amide bonds. The van der Waals surface area contributed by atoms with Crippen molar-refractivity contribution in [2.24, 2.45) is 5.14 Å². The first-order chi connectivity index (χ1) is 12.6. The molecule has 3 N–H and O–H groups in total. The fourth-order valence-corrected chi connectivity index (χ4v) is 2.89. The molecular formula is C16H14F3N5O2S. The molecule has 0 bridgehead atoms. The number of primary sulfonamides is 1. The van der Waals surface area contributed by atoms with Gasteiger partial charge in [0.15, 0.2) is 0 Å². The number of hydrogen-bond donors (Lipinski definition) is 2. The minimum atomic E-state index is -4.74. The summed E-state index contributed by atoms with van der Waals surface area (Å²) in [4.78, 5) is 7.52. The number of hydrogen-bond acceptors (Lipinski definition) is 5. The molecule has 1 aromatic carbocycles. The van der Waals surface area contributed by atoms with Gasteiger partial charge in [-0.25, -0.2) is 23.5 Å². The largest absolute Gasteiger partial charge is 0.418 e. The predicted octanol–water partition coefficient (Wildman–Crippen LogP) is 2.55. The number of imidazole rings is 1. The maximum atomic E-state index is 13.3. The van der Waals surface area contributed by atoms with E-state index in [2.05, 4.69) is 15.3 Å². The molecule has 27 heavy (non-hydrogen) atoms. The Bertz CT molecular complexity index is 1030. The van der Waals surface area contributed by atoms with Crippen LogP contribution in [-0.4, -0.2) is 23.0 Å². The fraction of sp³-hybridized carbons (Fsp3) is 0.125. The zero-order valence-electron chi connectivity index (χ0n) is 13.7. The van der Waals surface area contributed by atoms with Crippen molar-refractivity contribution in [1.82, 2.24) is 14.5 Å². The molecule has 0 aliphatic rings. The Kier molecular flexibility index (Phi) is 4.89. The molecule has 0 fully saturated rings. The number of sulfonamides is 1. The van der Waals surface area contributed by atoms with E-state index in [1.165, 1.54) is 6.20 Å². The van der Waals surface area contributed by atoms with Crippen molar-refractivity contribution in [3.8, 4) is 5.82 Å². The van der Waals surface area contributed by atoms with Gasteiger partial charge in [-0.2, -0.15) is 13.2 Å². The Morgan fingerprint density at radius 3 is 2.52 bits per heavy atom. The Labute approximate surface area is 152 Å². The minimum absolute atomic E-state index is 0.0645. The maximum Gasteiger partial charge on any atom is 0.418 e. The summed E-state index contributed by atoms with van der Waals surface area (Å²) in [5.74, 6) is 0.615. The third kappa shape index (κ3) is 4.44. The molecule has 142 valence electrons. The van der Waals surface area contributed by atoms with Gasteiger partial charge in [0, 0.05) is 30.8 Å². The van der Waals surface area contributed by atoms with Gasteiger partial charge in [-0.15, -0.1) is 0 Å². The van der Waals surface area contributed by atoms with Gasteiger partial charge in [-0.05, 0) is 29.8 Å². The number of anilines is 1. The standard InChI is InChI=1S/C16H14F3N5O2S/c17-16(18,19)13-7-12(27(20,25)26)2-3-14(13)22-8-11-1-4-15(23-9-11)24-6-5-21-10-24/h1-7,9-10,22H,8H2,(H2,20,25,26). The first-order valence-corrected chi connectivity index (χ1v) is 9.10. The van der Waals surface area contributed by atoms with E-state index in [4.69, 9.17) is 5.14 Å². The van der Waals surface area contributed by atoms with Crippen LogP contribution in [0.25, 0.3) is 5.82 Å². The number of nitrogens with zero attached hydrogens (tertiary/aromatic N) is 3. The summed E-state index contributed by atoms with van der Waals surface area (Å²) in [7, 11) is -4.24. The van der Waals surface area contributed by atoms with Gasteiger partial charge in [0.2, 0.25) is 10.0 Å². The monoisotopic (exact) mass is 397 g/mol. The summed E-state index contributed by atoms with van der Waals surface area (Å²) in [6.45, 7) is 0.0645. The fourth-order valence-electron chi connectivity index (χ4n) is 2.35. The van der Waals surface area contributed by atoms with Crippen LogP contribution in [0.4, 0.5) is 18.9 Å². The van der Waals surface area contributed by atoms with E-state index in [0.29, 0.717) is 17.4 Å². The van der Waals surface area contributed by atoms with Crippen molar-refractivity contribution >= 4 is 15.7 Å². The number of rotatable bonds is 5. The van der Waals surface area contributed by atoms with Crippen LogP contribution in [0.1, 0.15) is 11.1 Å². The van der Waals surface area contributed by atoms with Crippen LogP contribution in [-0.2, 0) is 22.7 Å². The molecule has 0 unspecified atom stereocenters. The Morgan fingerprint density at radius 2 is 1.96 bits per heavy atom. The van der Waals surface area contributed by atoms with Crippen molar-refractivity contribution in [2.75, 3.05) is 5.32 Å². The maximum absolute atomic E-state index is 13.3. The molecule has 0 spiro atoms. The third-order valence-corrected chi connectivity index (χ3v) is 4.60. The summed E-state index contributed by atoms with van der Waals surface area (Å²) in [6, 6.07) is 5.98. The van der Waals surface area contributed by atoms with Crippen LogP contribution < -0.4 is 10.5 Å². The van der Waals surface area contributed by atoms with Crippen LogP contribution >= 0.6 is 0 Å². The number of halogens is 3. The average Bonchev–Trinajstić information content (AvgIpc) is 3.13. The lowest BCUT2D eigenvalue weighted by atomic mass is 10.1. The second-order valence-corrected chi connectivity index (χ2v) is 7.16. The Morgan fingerprint density at radius 1 is 1.19 bits per heavy atom. The van der Waals surface area contributed by atoms with E-state index in [0.717, 1.165) is 12.1 Å². The number of nitrogens with two attached hydrogens (primary N) is 1. The zero-order valence-corrected chi connectivity index (χ0v) is 14.5. The normalized spacial score (nSPS) is 12.1. The number of aromatic nitrogens is 3. The SMILES string of the molecule is NS(=O)(=O)c1ccc(NCc2ccc(-n3ccnc3)nc2)c(C(F)(F)F)c1. The smallest absolute Gasteiger partial charge is 0.380 e. The van der Waals surface area contributed by atoms with Crippen LogP contribution in [0.3, 0.4) is 0 Å². The summed E-state index contributed by atoms with van der Waals surface area (Å²) >= 11 is 0. The highest BCUT2D eigenvalue weighted by atomic mass is 32.2. The van der Waals surface area contributed by atoms with Gasteiger partial charge >= 0.3 is 6.18 Å². The Balaban J connectivity index is 1.81. The van der Waals surface area contributed by atoms with Gasteiger partial charge in [-0.3, -0.25) is 4.57 Å². The molecule has 0 saturated carbocycles. The average molecular weight is 397 g/mol. The lowest BCUT2D eigenvalue weighted by Gasteiger charge is -2.15. The highest BCUT2D eigenvalue weighted by Gasteiger charge is 2.34. The first kappa shape index (κ1) is 18.9. The topological polar surface area (TPSA) is 103 Å². The predicted molar refractivity (Wildman–Crippen MR) is 91.5 cm³/mol. The molecule has 0 aliphatic carbocycles. The molecular weight excluding hydrogens is 383 g/mol. The lowest BCUT2D eigenvalue weighted by Crippen LogP contribution is -2.16. The van der Waals surface area contributed by atoms with Crippen molar-refractivity contribution in [3.05, 3.63) is 66.4 Å². The summed E-state index contributed by atoms with van der Waals surface area (Å²) in [6.07, 6.45) is 1.66. The first-order valence-electron chi connectivity index (χ1n) is 7.56. The molecule has 2 aromatic heterocycles. The molecule has 0 atom stereocenters. The zero-order chi connectivity index (χ0) is 19.7. The van der Waals surface area contributed by atoms with Gasteiger partial charge < -0.3 is 5.32 Å². The molecule has 7 nitrogen and oxygen atoms in total. The highest BCUT2D eigenvalue weighted by Crippen LogP contribution is 2.36. The van der Waals surface area contributed by atoms with Crippen LogP contribution in [0.15, 0.2) is 60.1 Å². The van der Waals surface area contributed by atoms with Gasteiger partial charge in [0.1, 0.15) is 12.1 Å². The van der Waals surface area contributed by atoms with Crippen molar-refractivity contribution < 1.29 is 21.6 Å². The number of pyridine rings is 1. The molecule has 3 rings (SSSR count). The van der Waals surface area contributed by atoms with E-state index >= 15 is 0 Å². The van der Waals surface area contributed by atoms with E-state index in [9.17, 15) is 21.6 Å². The van der Waals surface area contributed by atoms with Crippen LogP contribution in [0.5, 0.6) is 0 Å². The second-order valence-electron chi connectivity index (χ2n) is 5.60. The second kappa shape index (κ2) is 7.00. The highest BCUT2D eigenvalue weighted by molar-refractivity contribution is 7.89. The van der Waals surface area contributed by atoms with Gasteiger partial charge in [0.25, 0.3) is 0 Å².